The van der Waals surface area contributed by atoms with Crippen LogP contribution in [0.2, 0.25) is 0 Å². The zero-order valence-corrected chi connectivity index (χ0v) is 15.0. The van der Waals surface area contributed by atoms with Crippen LogP contribution in [-0.2, 0) is 19.6 Å². The zero-order valence-electron chi connectivity index (χ0n) is 14.2. The molecule has 0 bridgehead atoms. The first kappa shape index (κ1) is 18.1. The third-order valence-corrected chi connectivity index (χ3v) is 5.54. The Bertz CT molecular complexity index is 911. The molecular weight excluding hydrogens is 354 g/mol. The van der Waals surface area contributed by atoms with Crippen LogP contribution in [0, 0.1) is 0 Å². The maximum Gasteiger partial charge on any atom is 0.240 e. The van der Waals surface area contributed by atoms with Crippen LogP contribution in [-0.4, -0.2) is 32.8 Å². The van der Waals surface area contributed by atoms with Crippen LogP contribution in [0.25, 0.3) is 0 Å². The van der Waals surface area contributed by atoms with E-state index in [-0.39, 0.29) is 29.7 Å². The van der Waals surface area contributed by atoms with Gasteiger partial charge < -0.3 is 10.2 Å². The highest BCUT2D eigenvalue weighted by molar-refractivity contribution is 7.89. The van der Waals surface area contributed by atoms with Crippen LogP contribution in [0.5, 0.6) is 0 Å². The Hall–Kier alpha value is -2.71. The minimum atomic E-state index is -3.76. The fourth-order valence-electron chi connectivity index (χ4n) is 2.85. The summed E-state index contributed by atoms with van der Waals surface area (Å²) in [6.07, 6.45) is 0.109. The molecule has 136 valence electrons. The van der Waals surface area contributed by atoms with Gasteiger partial charge in [-0.25, -0.2) is 13.1 Å². The molecule has 0 spiro atoms. The number of carbonyl (C=O) groups excluding carboxylic acids is 2. The lowest BCUT2D eigenvalue weighted by Gasteiger charge is -2.17. The van der Waals surface area contributed by atoms with Crippen molar-refractivity contribution >= 4 is 33.2 Å². The number of amides is 2. The summed E-state index contributed by atoms with van der Waals surface area (Å²) in [4.78, 5) is 24.9. The molecule has 3 rings (SSSR count). The number of carbonyl (C=O) groups is 2. The summed E-state index contributed by atoms with van der Waals surface area (Å²) in [5.41, 5.74) is 1.27. The lowest BCUT2D eigenvalue weighted by molar-refractivity contribution is -0.117. The van der Waals surface area contributed by atoms with E-state index in [4.69, 9.17) is 0 Å². The first-order chi connectivity index (χ1) is 12.3. The van der Waals surface area contributed by atoms with Gasteiger partial charge in [0.1, 0.15) is 0 Å². The second-order valence-electron chi connectivity index (χ2n) is 6.07. The number of hydrogen-bond acceptors (Lipinski definition) is 4. The number of para-hydroxylation sites is 1. The molecule has 0 aliphatic carbocycles. The van der Waals surface area contributed by atoms with Crippen molar-refractivity contribution in [3.63, 3.8) is 0 Å². The summed E-state index contributed by atoms with van der Waals surface area (Å²) in [5.74, 6) is -0.353. The van der Waals surface area contributed by atoms with E-state index >= 15 is 0 Å². The van der Waals surface area contributed by atoms with Crippen LogP contribution in [0.15, 0.2) is 59.5 Å². The highest BCUT2D eigenvalue weighted by Crippen LogP contribution is 2.22. The quantitative estimate of drug-likeness (QED) is 0.834. The van der Waals surface area contributed by atoms with Crippen molar-refractivity contribution in [2.24, 2.45) is 0 Å². The van der Waals surface area contributed by atoms with Gasteiger partial charge in [0, 0.05) is 37.3 Å². The van der Waals surface area contributed by atoms with E-state index in [0.29, 0.717) is 5.69 Å². The van der Waals surface area contributed by atoms with Gasteiger partial charge in [-0.15, -0.1) is 0 Å². The largest absolute Gasteiger partial charge is 0.326 e. The highest BCUT2D eigenvalue weighted by Gasteiger charge is 2.33. The number of hydrogen-bond donors (Lipinski definition) is 2. The Morgan fingerprint density at radius 1 is 1.08 bits per heavy atom. The van der Waals surface area contributed by atoms with Gasteiger partial charge in [0.05, 0.1) is 4.90 Å². The summed E-state index contributed by atoms with van der Waals surface area (Å²) in [7, 11) is -3.76. The van der Waals surface area contributed by atoms with Crippen molar-refractivity contribution in [3.05, 3.63) is 54.6 Å². The molecule has 1 atom stereocenters. The molecule has 26 heavy (non-hydrogen) atoms. The molecule has 0 unspecified atom stereocenters. The van der Waals surface area contributed by atoms with Crippen molar-refractivity contribution < 1.29 is 18.0 Å². The summed E-state index contributed by atoms with van der Waals surface area (Å²) < 4.78 is 27.7. The predicted molar refractivity (Wildman–Crippen MR) is 98.3 cm³/mol. The summed E-state index contributed by atoms with van der Waals surface area (Å²) in [6, 6.07) is 14.5. The second kappa shape index (κ2) is 7.27. The van der Waals surface area contributed by atoms with Crippen molar-refractivity contribution in [1.82, 2.24) is 4.72 Å². The Labute approximate surface area is 152 Å². The zero-order chi connectivity index (χ0) is 18.7. The predicted octanol–water partition coefficient (Wildman–Crippen LogP) is 1.73. The first-order valence-electron chi connectivity index (χ1n) is 8.10. The first-order valence-corrected chi connectivity index (χ1v) is 9.59. The van der Waals surface area contributed by atoms with Crippen LogP contribution in [0.4, 0.5) is 11.4 Å². The van der Waals surface area contributed by atoms with Crippen molar-refractivity contribution in [2.45, 2.75) is 24.3 Å². The smallest absolute Gasteiger partial charge is 0.240 e. The topological polar surface area (TPSA) is 95.6 Å². The van der Waals surface area contributed by atoms with Gasteiger partial charge in [-0.2, -0.15) is 0 Å². The SMILES string of the molecule is CC(=O)Nc1ccc(S(=O)(=O)N[C@H]2CC(=O)N(c3ccccc3)C2)cc1. The number of anilines is 2. The molecule has 2 aromatic carbocycles. The number of nitrogens with zero attached hydrogens (tertiary/aromatic N) is 1. The van der Waals surface area contributed by atoms with Gasteiger partial charge >= 0.3 is 0 Å². The fraction of sp³-hybridized carbons (Fsp3) is 0.222. The maximum atomic E-state index is 12.5. The van der Waals surface area contributed by atoms with Gasteiger partial charge in [0.15, 0.2) is 0 Å². The van der Waals surface area contributed by atoms with Crippen molar-refractivity contribution in [2.75, 3.05) is 16.8 Å². The van der Waals surface area contributed by atoms with E-state index in [1.54, 1.807) is 4.90 Å². The molecule has 7 nitrogen and oxygen atoms in total. The van der Waals surface area contributed by atoms with Crippen LogP contribution >= 0.6 is 0 Å². The summed E-state index contributed by atoms with van der Waals surface area (Å²) in [5, 5.41) is 2.58. The fourth-order valence-corrected chi connectivity index (χ4v) is 4.08. The normalized spacial score (nSPS) is 17.3. The molecule has 2 amide bonds. The Morgan fingerprint density at radius 2 is 1.73 bits per heavy atom. The highest BCUT2D eigenvalue weighted by atomic mass is 32.2. The minimum absolute atomic E-state index is 0.0808. The third kappa shape index (κ3) is 4.09. The molecule has 2 aromatic rings. The van der Waals surface area contributed by atoms with E-state index < -0.39 is 16.1 Å². The molecule has 1 aliphatic heterocycles. The number of rotatable bonds is 5. The molecule has 8 heteroatoms. The second-order valence-corrected chi connectivity index (χ2v) is 7.78. The standard InChI is InChI=1S/C18H19N3O4S/c1-13(22)19-14-7-9-17(10-8-14)26(24,25)20-15-11-18(23)21(12-15)16-5-3-2-4-6-16/h2-10,15,20H,11-12H2,1H3,(H,19,22)/t15-/m0/s1. The lowest BCUT2D eigenvalue weighted by atomic mass is 10.3. The molecule has 1 heterocycles. The van der Waals surface area contributed by atoms with Crippen molar-refractivity contribution in [3.8, 4) is 0 Å². The van der Waals surface area contributed by atoms with E-state index in [9.17, 15) is 18.0 Å². The lowest BCUT2D eigenvalue weighted by Crippen LogP contribution is -2.37. The molecule has 1 saturated heterocycles. The molecule has 1 aliphatic rings. The molecular formula is C18H19N3O4S. The average molecular weight is 373 g/mol. The van der Waals surface area contributed by atoms with Gasteiger partial charge in [-0.1, -0.05) is 18.2 Å². The summed E-state index contributed by atoms with van der Waals surface area (Å²) in [6.45, 7) is 1.66. The van der Waals surface area contributed by atoms with E-state index in [0.717, 1.165) is 5.69 Å². The van der Waals surface area contributed by atoms with Gasteiger partial charge in [-0.05, 0) is 36.4 Å². The average Bonchev–Trinajstić information content (AvgIpc) is 2.95. The minimum Gasteiger partial charge on any atom is -0.326 e. The van der Waals surface area contributed by atoms with Crippen molar-refractivity contribution in [1.29, 1.82) is 0 Å². The van der Waals surface area contributed by atoms with E-state index in [2.05, 4.69) is 10.0 Å². The number of nitrogens with one attached hydrogen (secondary N) is 2. The maximum absolute atomic E-state index is 12.5. The van der Waals surface area contributed by atoms with Crippen LogP contribution < -0.4 is 14.9 Å². The van der Waals surface area contributed by atoms with Gasteiger partial charge in [0.2, 0.25) is 21.8 Å². The Kier molecular flexibility index (Phi) is 5.06. The van der Waals surface area contributed by atoms with Gasteiger partial charge in [0.25, 0.3) is 0 Å². The Balaban J connectivity index is 1.70. The number of benzene rings is 2. The molecule has 0 saturated carbocycles. The molecule has 0 radical (unpaired) electrons. The molecule has 1 fully saturated rings. The third-order valence-electron chi connectivity index (χ3n) is 4.00. The van der Waals surface area contributed by atoms with Crippen LogP contribution in [0.1, 0.15) is 13.3 Å². The molecule has 0 aromatic heterocycles. The Morgan fingerprint density at radius 3 is 2.35 bits per heavy atom. The van der Waals surface area contributed by atoms with E-state index in [1.807, 2.05) is 30.3 Å². The summed E-state index contributed by atoms with van der Waals surface area (Å²) >= 11 is 0. The molecule has 2 N–H and O–H groups in total. The van der Waals surface area contributed by atoms with Crippen LogP contribution in [0.3, 0.4) is 0 Å². The van der Waals surface area contributed by atoms with Gasteiger partial charge in [-0.3, -0.25) is 9.59 Å². The number of sulfonamides is 1. The monoisotopic (exact) mass is 373 g/mol. The van der Waals surface area contributed by atoms with E-state index in [1.165, 1.54) is 31.2 Å².